The van der Waals surface area contributed by atoms with Crippen molar-refractivity contribution in [3.05, 3.63) is 42.5 Å². The van der Waals surface area contributed by atoms with Crippen molar-refractivity contribution in [2.24, 2.45) is 0 Å². The Hall–Kier alpha value is -3.11. The molecular weight excluding hydrogens is 410 g/mol. The van der Waals surface area contributed by atoms with E-state index in [4.69, 9.17) is 9.47 Å². The van der Waals surface area contributed by atoms with E-state index in [0.717, 1.165) is 6.42 Å². The van der Waals surface area contributed by atoms with E-state index in [0.29, 0.717) is 36.1 Å². The first-order valence-corrected chi connectivity index (χ1v) is 10.9. The van der Waals surface area contributed by atoms with Crippen molar-refractivity contribution < 1.29 is 27.5 Å². The molecule has 0 atom stereocenters. The van der Waals surface area contributed by atoms with E-state index in [1.54, 1.807) is 30.3 Å². The number of nitrogens with one attached hydrogen (secondary N) is 3. The predicted molar refractivity (Wildman–Crippen MR) is 111 cm³/mol. The quantitative estimate of drug-likeness (QED) is 0.615. The van der Waals surface area contributed by atoms with Gasteiger partial charge in [-0.25, -0.2) is 13.1 Å². The third-order valence-electron chi connectivity index (χ3n) is 4.14. The van der Waals surface area contributed by atoms with Gasteiger partial charge in [0.15, 0.2) is 11.5 Å². The van der Waals surface area contributed by atoms with Crippen LogP contribution in [0.3, 0.4) is 0 Å². The Bertz CT molecular complexity index is 1040. The zero-order valence-electron chi connectivity index (χ0n) is 16.4. The van der Waals surface area contributed by atoms with Crippen molar-refractivity contribution in [1.82, 2.24) is 4.72 Å². The maximum Gasteiger partial charge on any atom is 0.240 e. The van der Waals surface area contributed by atoms with E-state index in [1.165, 1.54) is 19.1 Å². The number of amides is 2. The fraction of sp³-hybridized carbons (Fsp3) is 0.300. The maximum absolute atomic E-state index is 12.5. The van der Waals surface area contributed by atoms with E-state index in [2.05, 4.69) is 15.4 Å². The number of carbonyl (C=O) groups is 2. The highest BCUT2D eigenvalue weighted by Gasteiger charge is 2.19. The van der Waals surface area contributed by atoms with Crippen molar-refractivity contribution in [2.75, 3.05) is 30.4 Å². The summed E-state index contributed by atoms with van der Waals surface area (Å²) in [6.45, 7) is 2.28. The molecule has 1 aliphatic rings. The molecule has 0 aromatic heterocycles. The maximum atomic E-state index is 12.5. The molecule has 2 amide bonds. The Morgan fingerprint density at radius 2 is 1.67 bits per heavy atom. The SMILES string of the molecule is CC(=O)Nc1cccc(NC(=O)CCNS(=O)(=O)c2ccc3c(c2)OCCCO3)c1. The molecule has 0 radical (unpaired) electrons. The lowest BCUT2D eigenvalue weighted by molar-refractivity contribution is -0.116. The lowest BCUT2D eigenvalue weighted by atomic mass is 10.2. The number of ether oxygens (including phenoxy) is 2. The number of hydrogen-bond donors (Lipinski definition) is 3. The summed E-state index contributed by atoms with van der Waals surface area (Å²) in [6, 6.07) is 11.1. The first-order valence-electron chi connectivity index (χ1n) is 9.40. The molecule has 3 rings (SSSR count). The molecule has 2 aromatic carbocycles. The molecule has 3 N–H and O–H groups in total. The lowest BCUT2D eigenvalue weighted by Gasteiger charge is -2.11. The number of benzene rings is 2. The Balaban J connectivity index is 1.54. The lowest BCUT2D eigenvalue weighted by Crippen LogP contribution is -2.27. The molecule has 10 heteroatoms. The molecule has 30 heavy (non-hydrogen) atoms. The van der Waals surface area contributed by atoms with E-state index < -0.39 is 10.0 Å². The summed E-state index contributed by atoms with van der Waals surface area (Å²) in [5, 5.41) is 5.29. The van der Waals surface area contributed by atoms with Crippen molar-refractivity contribution >= 4 is 33.2 Å². The second kappa shape index (κ2) is 9.59. The van der Waals surface area contributed by atoms with Gasteiger partial charge in [-0.05, 0) is 30.3 Å². The van der Waals surface area contributed by atoms with E-state index in [1.807, 2.05) is 0 Å². The molecule has 0 fully saturated rings. The summed E-state index contributed by atoms with van der Waals surface area (Å²) in [4.78, 5) is 23.3. The topological polar surface area (TPSA) is 123 Å². The van der Waals surface area contributed by atoms with Crippen LogP contribution in [0.25, 0.3) is 0 Å². The van der Waals surface area contributed by atoms with E-state index in [-0.39, 0.29) is 29.7 Å². The smallest absolute Gasteiger partial charge is 0.240 e. The zero-order chi connectivity index (χ0) is 21.6. The number of carbonyl (C=O) groups excluding carboxylic acids is 2. The molecule has 0 saturated carbocycles. The van der Waals surface area contributed by atoms with Crippen LogP contribution in [-0.2, 0) is 19.6 Å². The van der Waals surface area contributed by atoms with Crippen LogP contribution in [-0.4, -0.2) is 40.0 Å². The number of hydrogen-bond acceptors (Lipinski definition) is 6. The highest BCUT2D eigenvalue weighted by molar-refractivity contribution is 7.89. The summed E-state index contributed by atoms with van der Waals surface area (Å²) in [6.07, 6.45) is 0.659. The van der Waals surface area contributed by atoms with E-state index in [9.17, 15) is 18.0 Å². The summed E-state index contributed by atoms with van der Waals surface area (Å²) < 4.78 is 38.5. The van der Waals surface area contributed by atoms with Gasteiger partial charge in [0.05, 0.1) is 18.1 Å². The number of rotatable bonds is 7. The molecule has 160 valence electrons. The molecule has 1 aliphatic heterocycles. The van der Waals surface area contributed by atoms with Crippen molar-refractivity contribution in [1.29, 1.82) is 0 Å². The molecule has 0 spiro atoms. The van der Waals surface area contributed by atoms with Crippen LogP contribution in [0, 0.1) is 0 Å². The van der Waals surface area contributed by atoms with Gasteiger partial charge in [-0.3, -0.25) is 9.59 Å². The normalized spacial score (nSPS) is 13.2. The first-order chi connectivity index (χ1) is 14.3. The fourth-order valence-corrected chi connectivity index (χ4v) is 3.84. The first kappa shape index (κ1) is 21.6. The zero-order valence-corrected chi connectivity index (χ0v) is 17.3. The Morgan fingerprint density at radius 1 is 0.967 bits per heavy atom. The van der Waals surface area contributed by atoms with Gasteiger partial charge in [-0.1, -0.05) is 6.07 Å². The monoisotopic (exact) mass is 433 g/mol. The number of fused-ring (bicyclic) bond motifs is 1. The van der Waals surface area contributed by atoms with Crippen LogP contribution in [0.15, 0.2) is 47.4 Å². The minimum Gasteiger partial charge on any atom is -0.490 e. The molecule has 0 bridgehead atoms. The molecule has 0 saturated heterocycles. The Labute approximate surface area is 174 Å². The molecule has 0 aliphatic carbocycles. The van der Waals surface area contributed by atoms with Gasteiger partial charge in [-0.2, -0.15) is 0 Å². The Morgan fingerprint density at radius 3 is 2.40 bits per heavy atom. The average molecular weight is 433 g/mol. The van der Waals surface area contributed by atoms with Gasteiger partial charge in [0.1, 0.15) is 0 Å². The van der Waals surface area contributed by atoms with Gasteiger partial charge in [0.25, 0.3) is 0 Å². The molecule has 0 unspecified atom stereocenters. The number of anilines is 2. The highest BCUT2D eigenvalue weighted by Crippen LogP contribution is 2.31. The van der Waals surface area contributed by atoms with Crippen LogP contribution in [0.1, 0.15) is 19.8 Å². The van der Waals surface area contributed by atoms with Gasteiger partial charge in [0, 0.05) is 43.8 Å². The standard InChI is InChI=1S/C20H23N3O6S/c1-14(24)22-15-4-2-5-16(12-15)23-20(25)8-9-21-30(26,27)17-6-7-18-19(13-17)29-11-3-10-28-18/h2,4-7,12-13,21H,3,8-11H2,1H3,(H,22,24)(H,23,25). The Kier molecular flexibility index (Phi) is 6.91. The summed E-state index contributed by atoms with van der Waals surface area (Å²) in [7, 11) is -3.81. The minimum atomic E-state index is -3.81. The molecular formula is C20H23N3O6S. The van der Waals surface area contributed by atoms with E-state index >= 15 is 0 Å². The van der Waals surface area contributed by atoms with Crippen molar-refractivity contribution in [3.63, 3.8) is 0 Å². The van der Waals surface area contributed by atoms with Crippen molar-refractivity contribution in [3.8, 4) is 11.5 Å². The highest BCUT2D eigenvalue weighted by atomic mass is 32.2. The summed E-state index contributed by atoms with van der Waals surface area (Å²) >= 11 is 0. The molecule has 9 nitrogen and oxygen atoms in total. The van der Waals surface area contributed by atoms with Crippen LogP contribution < -0.4 is 24.8 Å². The molecule has 2 aromatic rings. The third-order valence-corrected chi connectivity index (χ3v) is 5.60. The van der Waals surface area contributed by atoms with Gasteiger partial charge >= 0.3 is 0 Å². The van der Waals surface area contributed by atoms with Crippen LogP contribution in [0.5, 0.6) is 11.5 Å². The van der Waals surface area contributed by atoms with Crippen molar-refractivity contribution in [2.45, 2.75) is 24.7 Å². The van der Waals surface area contributed by atoms with Gasteiger partial charge in [0.2, 0.25) is 21.8 Å². The minimum absolute atomic E-state index is 0.0372. The average Bonchev–Trinajstić information content (AvgIpc) is 2.92. The van der Waals surface area contributed by atoms with Crippen LogP contribution in [0.2, 0.25) is 0 Å². The summed E-state index contributed by atoms with van der Waals surface area (Å²) in [5.74, 6) is 0.304. The van der Waals surface area contributed by atoms with Gasteiger partial charge in [-0.15, -0.1) is 0 Å². The largest absolute Gasteiger partial charge is 0.490 e. The second-order valence-electron chi connectivity index (χ2n) is 6.62. The third kappa shape index (κ3) is 5.94. The summed E-state index contributed by atoms with van der Waals surface area (Å²) in [5.41, 5.74) is 1.05. The number of sulfonamides is 1. The second-order valence-corrected chi connectivity index (χ2v) is 8.38. The van der Waals surface area contributed by atoms with Crippen LogP contribution in [0.4, 0.5) is 11.4 Å². The molecule has 1 heterocycles. The van der Waals surface area contributed by atoms with Crippen LogP contribution >= 0.6 is 0 Å². The fourth-order valence-electron chi connectivity index (χ4n) is 2.79. The van der Waals surface area contributed by atoms with Gasteiger partial charge < -0.3 is 20.1 Å². The predicted octanol–water partition coefficient (Wildman–Crippen LogP) is 2.11.